The number of aliphatic carboxylic acids is 1. The maximum atomic E-state index is 12.7. The number of carboxylic acids is 1. The quantitative estimate of drug-likeness (QED) is 0.918. The Hall–Kier alpha value is -3.15. The van der Waals surface area contributed by atoms with E-state index < -0.39 is 12.0 Å². The minimum absolute atomic E-state index is 0.234. The van der Waals surface area contributed by atoms with Crippen molar-refractivity contribution >= 4 is 23.5 Å². The van der Waals surface area contributed by atoms with Crippen LogP contribution in [0.1, 0.15) is 33.6 Å². The smallest absolute Gasteiger partial charge is 0.326 e. The van der Waals surface area contributed by atoms with Crippen molar-refractivity contribution < 1.29 is 19.5 Å². The molecule has 2 amide bonds. The van der Waals surface area contributed by atoms with Gasteiger partial charge in [0.1, 0.15) is 6.04 Å². The van der Waals surface area contributed by atoms with Gasteiger partial charge in [0.05, 0.1) is 0 Å². The molecule has 1 heterocycles. The highest BCUT2D eigenvalue weighted by Gasteiger charge is 2.34. The molecule has 1 atom stereocenters. The highest BCUT2D eigenvalue weighted by Crippen LogP contribution is 2.22. The Labute approximate surface area is 151 Å². The number of carbonyl (C=O) groups excluding carboxylic acids is 2. The van der Waals surface area contributed by atoms with Gasteiger partial charge < -0.3 is 14.9 Å². The van der Waals surface area contributed by atoms with Crippen LogP contribution >= 0.6 is 0 Å². The molecule has 1 saturated heterocycles. The van der Waals surface area contributed by atoms with Gasteiger partial charge in [0.15, 0.2) is 0 Å². The fourth-order valence-electron chi connectivity index (χ4n) is 3.18. The molecule has 2 aromatic rings. The number of para-hydroxylation sites is 1. The van der Waals surface area contributed by atoms with Gasteiger partial charge in [0.25, 0.3) is 11.8 Å². The average Bonchev–Trinajstić information content (AvgIpc) is 3.17. The maximum absolute atomic E-state index is 12.7. The number of nitrogens with zero attached hydrogens (tertiary/aromatic N) is 2. The number of hydrogen-bond donors (Lipinski definition) is 1. The van der Waals surface area contributed by atoms with Crippen molar-refractivity contribution in [3.63, 3.8) is 0 Å². The number of hydrogen-bond acceptors (Lipinski definition) is 3. The van der Waals surface area contributed by atoms with E-state index >= 15 is 0 Å². The molecule has 0 unspecified atom stereocenters. The van der Waals surface area contributed by atoms with Gasteiger partial charge in [-0.05, 0) is 43.2 Å². The molecule has 0 aliphatic carbocycles. The van der Waals surface area contributed by atoms with E-state index in [1.54, 1.807) is 25.2 Å². The molecule has 1 aliphatic rings. The van der Waals surface area contributed by atoms with Crippen LogP contribution in [0.25, 0.3) is 0 Å². The molecule has 0 radical (unpaired) electrons. The third kappa shape index (κ3) is 3.44. The van der Waals surface area contributed by atoms with Gasteiger partial charge in [0, 0.05) is 30.4 Å². The number of likely N-dealkylation sites (tertiary alicyclic amines) is 1. The summed E-state index contributed by atoms with van der Waals surface area (Å²) < 4.78 is 0. The van der Waals surface area contributed by atoms with Crippen LogP contribution in [0.15, 0.2) is 54.6 Å². The Bertz CT molecular complexity index is 835. The Morgan fingerprint density at radius 1 is 1.04 bits per heavy atom. The number of carbonyl (C=O) groups is 3. The van der Waals surface area contributed by atoms with E-state index in [4.69, 9.17) is 0 Å². The van der Waals surface area contributed by atoms with E-state index in [0.717, 1.165) is 5.69 Å². The number of amides is 2. The van der Waals surface area contributed by atoms with E-state index in [-0.39, 0.29) is 11.8 Å². The predicted molar refractivity (Wildman–Crippen MR) is 97.3 cm³/mol. The maximum Gasteiger partial charge on any atom is 0.326 e. The lowest BCUT2D eigenvalue weighted by Gasteiger charge is -2.22. The van der Waals surface area contributed by atoms with Gasteiger partial charge in [-0.1, -0.05) is 24.3 Å². The van der Waals surface area contributed by atoms with Gasteiger partial charge in [0.2, 0.25) is 0 Å². The van der Waals surface area contributed by atoms with E-state index in [1.165, 1.54) is 15.9 Å². The van der Waals surface area contributed by atoms with Crippen molar-refractivity contribution in [2.75, 3.05) is 18.5 Å². The zero-order valence-electron chi connectivity index (χ0n) is 14.5. The summed E-state index contributed by atoms with van der Waals surface area (Å²) in [4.78, 5) is 39.6. The van der Waals surface area contributed by atoms with E-state index in [1.807, 2.05) is 30.3 Å². The fourth-order valence-corrected chi connectivity index (χ4v) is 3.18. The molecule has 0 saturated carbocycles. The third-order valence-corrected chi connectivity index (χ3v) is 4.60. The molecular weight excluding hydrogens is 332 g/mol. The number of rotatable bonds is 4. The van der Waals surface area contributed by atoms with Crippen LogP contribution in [0.2, 0.25) is 0 Å². The summed E-state index contributed by atoms with van der Waals surface area (Å²) in [7, 11) is 1.67. The summed E-state index contributed by atoms with van der Waals surface area (Å²) in [5.74, 6) is -1.58. The third-order valence-electron chi connectivity index (χ3n) is 4.60. The van der Waals surface area contributed by atoms with E-state index in [0.29, 0.717) is 30.5 Å². The molecule has 1 aliphatic heterocycles. The Morgan fingerprint density at radius 3 is 2.42 bits per heavy atom. The van der Waals surface area contributed by atoms with Gasteiger partial charge >= 0.3 is 5.97 Å². The highest BCUT2D eigenvalue weighted by atomic mass is 16.4. The topological polar surface area (TPSA) is 77.9 Å². The second-order valence-electron chi connectivity index (χ2n) is 6.28. The first-order chi connectivity index (χ1) is 12.5. The molecule has 0 spiro atoms. The van der Waals surface area contributed by atoms with Crippen LogP contribution in [-0.4, -0.2) is 47.4 Å². The number of anilines is 1. The summed E-state index contributed by atoms with van der Waals surface area (Å²) >= 11 is 0. The Morgan fingerprint density at radius 2 is 1.73 bits per heavy atom. The molecule has 3 rings (SSSR count). The lowest BCUT2D eigenvalue weighted by atomic mass is 10.1. The molecule has 0 aromatic heterocycles. The summed E-state index contributed by atoms with van der Waals surface area (Å²) in [6, 6.07) is 14.9. The number of benzene rings is 2. The van der Waals surface area contributed by atoms with E-state index in [2.05, 4.69) is 0 Å². The molecule has 0 bridgehead atoms. The summed E-state index contributed by atoms with van der Waals surface area (Å²) in [5, 5.41) is 9.27. The summed E-state index contributed by atoms with van der Waals surface area (Å²) in [6.07, 6.45) is 1.12. The van der Waals surface area contributed by atoms with Crippen molar-refractivity contribution in [3.05, 3.63) is 65.7 Å². The summed E-state index contributed by atoms with van der Waals surface area (Å²) in [5.41, 5.74) is 1.46. The van der Waals surface area contributed by atoms with Crippen molar-refractivity contribution in [2.24, 2.45) is 0 Å². The molecule has 26 heavy (non-hydrogen) atoms. The van der Waals surface area contributed by atoms with Crippen LogP contribution in [0.5, 0.6) is 0 Å². The van der Waals surface area contributed by atoms with Gasteiger partial charge in [-0.2, -0.15) is 0 Å². The Balaban J connectivity index is 1.83. The summed E-state index contributed by atoms with van der Waals surface area (Å²) in [6.45, 7) is 0.415. The van der Waals surface area contributed by atoms with Crippen LogP contribution in [-0.2, 0) is 4.79 Å². The minimum atomic E-state index is -0.994. The minimum Gasteiger partial charge on any atom is -0.480 e. The van der Waals surface area contributed by atoms with Crippen molar-refractivity contribution in [1.82, 2.24) is 4.90 Å². The van der Waals surface area contributed by atoms with Gasteiger partial charge in [-0.25, -0.2) is 4.79 Å². The lowest BCUT2D eigenvalue weighted by Crippen LogP contribution is -2.40. The molecule has 1 N–H and O–H groups in total. The lowest BCUT2D eigenvalue weighted by molar-refractivity contribution is -0.141. The van der Waals surface area contributed by atoms with Crippen LogP contribution in [0.4, 0.5) is 5.69 Å². The first-order valence-electron chi connectivity index (χ1n) is 8.46. The molecule has 134 valence electrons. The monoisotopic (exact) mass is 352 g/mol. The van der Waals surface area contributed by atoms with E-state index in [9.17, 15) is 19.5 Å². The average molecular weight is 352 g/mol. The van der Waals surface area contributed by atoms with Crippen LogP contribution in [0, 0.1) is 0 Å². The standard InChI is InChI=1S/C20H20N2O4/c1-21(16-9-3-2-4-10-16)18(23)14-7-5-8-15(13-14)19(24)22-12-6-11-17(22)20(25)26/h2-5,7-10,13,17H,6,11-12H2,1H3,(H,25,26)/t17-/m1/s1. The molecule has 2 aromatic carbocycles. The zero-order valence-corrected chi connectivity index (χ0v) is 14.5. The first-order valence-corrected chi connectivity index (χ1v) is 8.46. The van der Waals surface area contributed by atoms with Gasteiger partial charge in [-0.3, -0.25) is 9.59 Å². The largest absolute Gasteiger partial charge is 0.480 e. The molecule has 6 nitrogen and oxygen atoms in total. The molecular formula is C20H20N2O4. The highest BCUT2D eigenvalue weighted by molar-refractivity contribution is 6.07. The SMILES string of the molecule is CN(C(=O)c1cccc(C(=O)N2CCC[C@@H]2C(=O)O)c1)c1ccccc1. The Kier molecular flexibility index (Phi) is 5.02. The second-order valence-corrected chi connectivity index (χ2v) is 6.28. The normalized spacial score (nSPS) is 16.3. The second kappa shape index (κ2) is 7.39. The molecule has 1 fully saturated rings. The predicted octanol–water partition coefficient (Wildman–Crippen LogP) is 2.65. The van der Waals surface area contributed by atoms with Crippen molar-refractivity contribution in [1.29, 1.82) is 0 Å². The van der Waals surface area contributed by atoms with Crippen molar-refractivity contribution in [3.8, 4) is 0 Å². The first kappa shape index (κ1) is 17.7. The van der Waals surface area contributed by atoms with Gasteiger partial charge in [-0.15, -0.1) is 0 Å². The molecule has 6 heteroatoms. The fraction of sp³-hybridized carbons (Fsp3) is 0.250. The zero-order chi connectivity index (χ0) is 18.7. The van der Waals surface area contributed by atoms with Crippen molar-refractivity contribution in [2.45, 2.75) is 18.9 Å². The van der Waals surface area contributed by atoms with Crippen LogP contribution < -0.4 is 4.90 Å². The van der Waals surface area contributed by atoms with Crippen LogP contribution in [0.3, 0.4) is 0 Å². The number of carboxylic acid groups (broad SMARTS) is 1.